The van der Waals surface area contributed by atoms with Crippen molar-refractivity contribution < 1.29 is 13.2 Å². The maximum absolute atomic E-state index is 12.2. The van der Waals surface area contributed by atoms with E-state index in [0.717, 1.165) is 34.1 Å². The predicted molar refractivity (Wildman–Crippen MR) is 118 cm³/mol. The van der Waals surface area contributed by atoms with Gasteiger partial charge in [0.1, 0.15) is 6.54 Å². The van der Waals surface area contributed by atoms with E-state index in [1.165, 1.54) is 11.1 Å². The molecule has 0 unspecified atom stereocenters. The molecule has 0 aliphatic heterocycles. The summed E-state index contributed by atoms with van der Waals surface area (Å²) in [6.45, 7) is 4.34. The van der Waals surface area contributed by atoms with Crippen LogP contribution >= 0.6 is 11.8 Å². The Morgan fingerprint density at radius 1 is 1.07 bits per heavy atom. The van der Waals surface area contributed by atoms with E-state index in [2.05, 4.69) is 36.5 Å². The van der Waals surface area contributed by atoms with E-state index in [0.29, 0.717) is 12.2 Å². The highest BCUT2D eigenvalue weighted by atomic mass is 32.2. The number of hydrogen-bond acceptors (Lipinski definition) is 4. The van der Waals surface area contributed by atoms with Gasteiger partial charge in [-0.1, -0.05) is 47.5 Å². The summed E-state index contributed by atoms with van der Waals surface area (Å²) in [4.78, 5) is 12.2. The first-order valence-electron chi connectivity index (χ1n) is 9.20. The number of anilines is 1. The first kappa shape index (κ1) is 22.3. The zero-order valence-corrected chi connectivity index (χ0v) is 18.3. The Balaban J connectivity index is 1.74. The first-order chi connectivity index (χ1) is 13.3. The lowest BCUT2D eigenvalue weighted by atomic mass is 10.2. The van der Waals surface area contributed by atoms with E-state index in [4.69, 9.17) is 0 Å². The van der Waals surface area contributed by atoms with Crippen LogP contribution in [0.5, 0.6) is 0 Å². The smallest absolute Gasteiger partial charge is 0.240 e. The molecule has 0 atom stereocenters. The molecule has 28 heavy (non-hydrogen) atoms. The molecule has 0 saturated carbocycles. The second kappa shape index (κ2) is 10.5. The molecule has 0 heterocycles. The molecular formula is C21H28N2O3S2. The van der Waals surface area contributed by atoms with Gasteiger partial charge in [-0.05, 0) is 43.7 Å². The summed E-state index contributed by atoms with van der Waals surface area (Å²) < 4.78 is 25.3. The fourth-order valence-electron chi connectivity index (χ4n) is 2.69. The van der Waals surface area contributed by atoms with Crippen molar-refractivity contribution in [2.75, 3.05) is 29.4 Å². The van der Waals surface area contributed by atoms with Crippen LogP contribution in [-0.4, -0.2) is 39.4 Å². The van der Waals surface area contributed by atoms with Gasteiger partial charge in [-0.25, -0.2) is 8.42 Å². The molecule has 0 aromatic heterocycles. The van der Waals surface area contributed by atoms with Gasteiger partial charge in [-0.3, -0.25) is 9.10 Å². The largest absolute Gasteiger partial charge is 0.354 e. The molecule has 0 fully saturated rings. The van der Waals surface area contributed by atoms with E-state index in [1.54, 1.807) is 12.1 Å². The number of thioether (sulfide) groups is 1. The van der Waals surface area contributed by atoms with Crippen LogP contribution in [-0.2, 0) is 20.6 Å². The van der Waals surface area contributed by atoms with E-state index in [-0.39, 0.29) is 12.5 Å². The van der Waals surface area contributed by atoms with Crippen molar-refractivity contribution in [3.05, 3.63) is 65.2 Å². The third kappa shape index (κ3) is 7.56. The normalized spacial score (nSPS) is 11.2. The Morgan fingerprint density at radius 3 is 2.43 bits per heavy atom. The Bertz CT molecular complexity index is 881. The molecular weight excluding hydrogens is 392 g/mol. The molecule has 5 nitrogen and oxygen atoms in total. The minimum Gasteiger partial charge on any atom is -0.354 e. The average molecular weight is 421 g/mol. The Kier molecular flexibility index (Phi) is 8.38. The van der Waals surface area contributed by atoms with Gasteiger partial charge in [0.2, 0.25) is 15.9 Å². The molecule has 0 saturated heterocycles. The summed E-state index contributed by atoms with van der Waals surface area (Å²) in [7, 11) is -3.53. The number of amides is 1. The monoisotopic (exact) mass is 420 g/mol. The van der Waals surface area contributed by atoms with Gasteiger partial charge in [0.15, 0.2) is 0 Å². The van der Waals surface area contributed by atoms with Crippen molar-refractivity contribution in [3.8, 4) is 0 Å². The lowest BCUT2D eigenvalue weighted by Gasteiger charge is -2.22. The second-order valence-electron chi connectivity index (χ2n) is 6.85. The summed E-state index contributed by atoms with van der Waals surface area (Å²) >= 11 is 1.83. The Morgan fingerprint density at radius 2 is 1.79 bits per heavy atom. The van der Waals surface area contributed by atoms with Crippen molar-refractivity contribution >= 4 is 33.4 Å². The Labute approximate surface area is 172 Å². The molecule has 1 N–H and O–H groups in total. The molecule has 7 heteroatoms. The van der Waals surface area contributed by atoms with Crippen LogP contribution in [0.25, 0.3) is 0 Å². The predicted octanol–water partition coefficient (Wildman–Crippen LogP) is 3.51. The van der Waals surface area contributed by atoms with E-state index in [1.807, 2.05) is 30.8 Å². The highest BCUT2D eigenvalue weighted by molar-refractivity contribution is 7.98. The number of rotatable bonds is 10. The molecule has 1 amide bonds. The van der Waals surface area contributed by atoms with E-state index in [9.17, 15) is 13.2 Å². The number of carbonyl (C=O) groups excluding carboxylic acids is 1. The van der Waals surface area contributed by atoms with E-state index < -0.39 is 10.0 Å². The number of sulfonamides is 1. The number of benzene rings is 2. The van der Waals surface area contributed by atoms with E-state index >= 15 is 0 Å². The van der Waals surface area contributed by atoms with Gasteiger partial charge in [0.25, 0.3) is 0 Å². The third-order valence-electron chi connectivity index (χ3n) is 4.15. The minimum atomic E-state index is -3.53. The van der Waals surface area contributed by atoms with Gasteiger partial charge in [0, 0.05) is 12.3 Å². The highest BCUT2D eigenvalue weighted by Gasteiger charge is 2.20. The van der Waals surface area contributed by atoms with Crippen molar-refractivity contribution in [2.24, 2.45) is 0 Å². The molecule has 2 aromatic carbocycles. The number of hydrogen-bond donors (Lipinski definition) is 1. The van der Waals surface area contributed by atoms with Crippen LogP contribution in [0.3, 0.4) is 0 Å². The topological polar surface area (TPSA) is 66.5 Å². The maximum atomic E-state index is 12.2. The van der Waals surface area contributed by atoms with Gasteiger partial charge in [-0.2, -0.15) is 11.8 Å². The Hall–Kier alpha value is -1.99. The lowest BCUT2D eigenvalue weighted by Crippen LogP contribution is -2.40. The highest BCUT2D eigenvalue weighted by Crippen LogP contribution is 2.18. The van der Waals surface area contributed by atoms with Gasteiger partial charge < -0.3 is 5.32 Å². The van der Waals surface area contributed by atoms with Crippen molar-refractivity contribution in [3.63, 3.8) is 0 Å². The van der Waals surface area contributed by atoms with Gasteiger partial charge in [-0.15, -0.1) is 0 Å². The molecule has 0 radical (unpaired) electrons. The SMILES string of the molecule is Cc1ccc(N(CC(=O)NCCCSCc2cccc(C)c2)S(C)(=O)=O)cc1. The molecule has 0 aliphatic carbocycles. The molecule has 152 valence electrons. The van der Waals surface area contributed by atoms with Gasteiger partial charge in [0.05, 0.1) is 11.9 Å². The summed E-state index contributed by atoms with van der Waals surface area (Å²) in [5.41, 5.74) is 4.09. The van der Waals surface area contributed by atoms with Crippen molar-refractivity contribution in [2.45, 2.75) is 26.0 Å². The average Bonchev–Trinajstić information content (AvgIpc) is 2.63. The van der Waals surface area contributed by atoms with Crippen LogP contribution in [0.15, 0.2) is 48.5 Å². The number of nitrogens with zero attached hydrogens (tertiary/aromatic N) is 1. The first-order valence-corrected chi connectivity index (χ1v) is 12.2. The molecule has 2 aromatic rings. The summed E-state index contributed by atoms with van der Waals surface area (Å²) in [5.74, 6) is 1.59. The summed E-state index contributed by atoms with van der Waals surface area (Å²) in [6, 6.07) is 15.5. The molecule has 0 aliphatic rings. The van der Waals surface area contributed by atoms with Crippen LogP contribution < -0.4 is 9.62 Å². The zero-order valence-electron chi connectivity index (χ0n) is 16.6. The molecule has 2 rings (SSSR count). The molecule has 0 spiro atoms. The summed E-state index contributed by atoms with van der Waals surface area (Å²) in [6.07, 6.45) is 1.95. The number of carbonyl (C=O) groups is 1. The van der Waals surface area contributed by atoms with Gasteiger partial charge >= 0.3 is 0 Å². The third-order valence-corrected chi connectivity index (χ3v) is 6.40. The fourth-order valence-corrected chi connectivity index (χ4v) is 4.46. The standard InChI is InChI=1S/C21H28N2O3S2/c1-17-8-10-20(11-9-17)23(28(3,25)26)15-21(24)22-12-5-13-27-16-19-7-4-6-18(2)14-19/h4,6-11,14H,5,12-13,15-16H2,1-3H3,(H,22,24). The quantitative estimate of drug-likeness (QED) is 0.598. The maximum Gasteiger partial charge on any atom is 0.240 e. The van der Waals surface area contributed by atoms with Crippen LogP contribution in [0.4, 0.5) is 5.69 Å². The van der Waals surface area contributed by atoms with Crippen LogP contribution in [0, 0.1) is 13.8 Å². The summed E-state index contributed by atoms with van der Waals surface area (Å²) in [5, 5.41) is 2.82. The number of nitrogens with one attached hydrogen (secondary N) is 1. The minimum absolute atomic E-state index is 0.210. The van der Waals surface area contributed by atoms with Crippen LogP contribution in [0.1, 0.15) is 23.1 Å². The number of aryl methyl sites for hydroxylation is 2. The fraction of sp³-hybridized carbons (Fsp3) is 0.381. The zero-order chi connectivity index (χ0) is 20.6. The van der Waals surface area contributed by atoms with Crippen LogP contribution in [0.2, 0.25) is 0 Å². The van der Waals surface area contributed by atoms with Crippen molar-refractivity contribution in [1.29, 1.82) is 0 Å². The second-order valence-corrected chi connectivity index (χ2v) is 9.86. The molecule has 0 bridgehead atoms. The lowest BCUT2D eigenvalue weighted by molar-refractivity contribution is -0.119. The van der Waals surface area contributed by atoms with Crippen molar-refractivity contribution in [1.82, 2.24) is 5.32 Å².